The zero-order valence-corrected chi connectivity index (χ0v) is 24.5. The van der Waals surface area contributed by atoms with Crippen LogP contribution in [-0.4, -0.2) is 46.0 Å². The molecule has 5 heteroatoms. The van der Waals surface area contributed by atoms with E-state index in [4.69, 9.17) is 4.74 Å². The van der Waals surface area contributed by atoms with Gasteiger partial charge >= 0.3 is 0 Å². The van der Waals surface area contributed by atoms with Crippen molar-refractivity contribution in [2.24, 2.45) is 13.0 Å². The third-order valence-electron chi connectivity index (χ3n) is 9.35. The van der Waals surface area contributed by atoms with Gasteiger partial charge in [-0.3, -0.25) is 4.79 Å². The highest BCUT2D eigenvalue weighted by atomic mass is 16.5. The number of benzene rings is 2. The van der Waals surface area contributed by atoms with Crippen molar-refractivity contribution >= 4 is 33.7 Å². The summed E-state index contributed by atoms with van der Waals surface area (Å²) in [4.78, 5) is 13.8. The van der Waals surface area contributed by atoms with Crippen molar-refractivity contribution in [2.45, 2.75) is 44.9 Å². The standard InChI is InChI=1S/C36H38N2O3/c1-24-32(26-16-7-9-18-29(26)37(24)3)33-34(39)27(35(33)40)23-31-36(2,20-12-11-15-25-13-5-6-14-25)28-17-8-10-19-30(28)38(31)21-22-41-4/h5-10,13-14,16-19,23,25H,11-12,15,20-22H2,1-4H3/p+1. The number of aryl methyl sites for hydroxylation is 1. The highest BCUT2D eigenvalue weighted by Crippen LogP contribution is 2.46. The molecule has 1 aromatic heterocycles. The Balaban J connectivity index is 1.40. The van der Waals surface area contributed by atoms with Gasteiger partial charge in [0.1, 0.15) is 12.4 Å². The molecule has 0 spiro atoms. The van der Waals surface area contributed by atoms with E-state index >= 15 is 0 Å². The van der Waals surface area contributed by atoms with Gasteiger partial charge < -0.3 is 14.4 Å². The van der Waals surface area contributed by atoms with E-state index < -0.39 is 0 Å². The van der Waals surface area contributed by atoms with Crippen LogP contribution in [0.4, 0.5) is 5.69 Å². The molecular formula is C36H39N2O3+. The number of aliphatic hydroxyl groups is 1. The molecule has 2 aliphatic carbocycles. The fraction of sp³-hybridized carbons (Fsp3) is 0.333. The van der Waals surface area contributed by atoms with Crippen molar-refractivity contribution in [3.8, 4) is 0 Å². The Labute approximate surface area is 242 Å². The number of fused-ring (bicyclic) bond motifs is 2. The Morgan fingerprint density at radius 1 is 1.07 bits per heavy atom. The lowest BCUT2D eigenvalue weighted by Gasteiger charge is -2.25. The number of carbonyl (C=O) groups excluding carboxylic acids is 1. The first-order valence-corrected chi connectivity index (χ1v) is 14.7. The number of Topliss-reactive ketones (excluding diaryl/α,β-unsaturated/α-hetero) is 1. The van der Waals surface area contributed by atoms with Crippen molar-refractivity contribution in [1.29, 1.82) is 0 Å². The maximum absolute atomic E-state index is 13.8. The molecular weight excluding hydrogens is 508 g/mol. The van der Waals surface area contributed by atoms with E-state index in [1.807, 2.05) is 44.3 Å². The Hall–Kier alpha value is -3.96. The molecule has 0 bridgehead atoms. The maximum Gasteiger partial charge on any atom is 0.209 e. The number of hydrogen-bond acceptors (Lipinski definition) is 3. The van der Waals surface area contributed by atoms with Crippen molar-refractivity contribution in [3.05, 3.63) is 107 Å². The number of para-hydroxylation sites is 2. The summed E-state index contributed by atoms with van der Waals surface area (Å²) in [5, 5.41) is 12.4. The lowest BCUT2D eigenvalue weighted by Crippen LogP contribution is -2.34. The number of carbonyl (C=O) groups is 1. The number of nitrogens with zero attached hydrogens (tertiary/aromatic N) is 2. The number of ketones is 1. The summed E-state index contributed by atoms with van der Waals surface area (Å²) in [6.07, 6.45) is 15.1. The van der Waals surface area contributed by atoms with Crippen LogP contribution in [0.5, 0.6) is 0 Å². The molecule has 41 heavy (non-hydrogen) atoms. The van der Waals surface area contributed by atoms with Crippen LogP contribution in [0.2, 0.25) is 0 Å². The van der Waals surface area contributed by atoms with Crippen LogP contribution in [0.3, 0.4) is 0 Å². The van der Waals surface area contributed by atoms with Crippen LogP contribution < -0.4 is 0 Å². The Morgan fingerprint density at radius 3 is 2.56 bits per heavy atom. The minimum absolute atomic E-state index is 0.0896. The van der Waals surface area contributed by atoms with Gasteiger partial charge in [0.05, 0.1) is 16.6 Å². The molecule has 1 atom stereocenters. The second-order valence-electron chi connectivity index (χ2n) is 11.7. The predicted octanol–water partition coefficient (Wildman–Crippen LogP) is 7.27. The summed E-state index contributed by atoms with van der Waals surface area (Å²) in [5.41, 5.74) is 6.85. The average Bonchev–Trinajstić information content (AvgIpc) is 3.66. The summed E-state index contributed by atoms with van der Waals surface area (Å²) < 4.78 is 9.87. The Morgan fingerprint density at radius 2 is 1.80 bits per heavy atom. The molecule has 1 unspecified atom stereocenters. The van der Waals surface area contributed by atoms with Crippen LogP contribution in [0, 0.1) is 12.8 Å². The Kier molecular flexibility index (Phi) is 7.16. The molecule has 2 aromatic carbocycles. The fourth-order valence-electron chi connectivity index (χ4n) is 6.95. The van der Waals surface area contributed by atoms with Gasteiger partial charge in [-0.05, 0) is 38.7 Å². The lowest BCUT2D eigenvalue weighted by molar-refractivity contribution is -0.441. The molecule has 6 rings (SSSR count). The lowest BCUT2D eigenvalue weighted by atomic mass is 9.73. The van der Waals surface area contributed by atoms with Crippen LogP contribution >= 0.6 is 0 Å². The monoisotopic (exact) mass is 547 g/mol. The molecule has 0 saturated heterocycles. The second kappa shape index (κ2) is 10.8. The molecule has 0 fully saturated rings. The summed E-state index contributed by atoms with van der Waals surface area (Å²) in [5.74, 6) is 0.527. The predicted molar refractivity (Wildman–Crippen MR) is 166 cm³/mol. The zero-order chi connectivity index (χ0) is 28.7. The van der Waals surface area contributed by atoms with Gasteiger partial charge in [-0.25, -0.2) is 0 Å². The van der Waals surface area contributed by atoms with Crippen LogP contribution in [-0.2, 0) is 22.0 Å². The molecule has 210 valence electrons. The summed E-state index contributed by atoms with van der Waals surface area (Å²) >= 11 is 0. The average molecular weight is 548 g/mol. The van der Waals surface area contributed by atoms with E-state index in [0.717, 1.165) is 59.2 Å². The second-order valence-corrected chi connectivity index (χ2v) is 11.7. The van der Waals surface area contributed by atoms with E-state index in [-0.39, 0.29) is 17.0 Å². The van der Waals surface area contributed by atoms with Crippen molar-refractivity contribution in [3.63, 3.8) is 0 Å². The van der Waals surface area contributed by atoms with E-state index in [2.05, 4.69) is 64.6 Å². The van der Waals surface area contributed by atoms with Crippen molar-refractivity contribution in [2.75, 3.05) is 20.3 Å². The topological polar surface area (TPSA) is 54.5 Å². The van der Waals surface area contributed by atoms with Crippen molar-refractivity contribution < 1.29 is 19.2 Å². The van der Waals surface area contributed by atoms with Gasteiger partial charge in [-0.1, -0.05) is 73.5 Å². The van der Waals surface area contributed by atoms with Crippen molar-refractivity contribution in [1.82, 2.24) is 4.57 Å². The van der Waals surface area contributed by atoms with Gasteiger partial charge in [-0.15, -0.1) is 0 Å². The quantitative estimate of drug-likeness (QED) is 0.165. The minimum Gasteiger partial charge on any atom is -0.506 e. The first-order valence-electron chi connectivity index (χ1n) is 14.7. The number of hydrogen-bond donors (Lipinski definition) is 1. The molecule has 1 aliphatic heterocycles. The zero-order valence-electron chi connectivity index (χ0n) is 24.5. The van der Waals surface area contributed by atoms with Gasteiger partial charge in [0.15, 0.2) is 12.3 Å². The van der Waals surface area contributed by atoms with Gasteiger partial charge in [0, 0.05) is 54.0 Å². The van der Waals surface area contributed by atoms with Gasteiger partial charge in [-0.2, -0.15) is 4.58 Å². The number of allylic oxidation sites excluding steroid dienone is 7. The third kappa shape index (κ3) is 4.43. The van der Waals surface area contributed by atoms with E-state index in [9.17, 15) is 9.90 Å². The third-order valence-corrected chi connectivity index (χ3v) is 9.35. The largest absolute Gasteiger partial charge is 0.506 e. The van der Waals surface area contributed by atoms with E-state index in [1.54, 1.807) is 7.11 Å². The fourth-order valence-corrected chi connectivity index (χ4v) is 6.95. The van der Waals surface area contributed by atoms with E-state index in [0.29, 0.717) is 30.2 Å². The van der Waals surface area contributed by atoms with Crippen LogP contribution in [0.15, 0.2) is 90.2 Å². The molecule has 3 aromatic rings. The molecule has 0 amide bonds. The molecule has 0 radical (unpaired) electrons. The van der Waals surface area contributed by atoms with Crippen LogP contribution in [0.1, 0.15) is 49.4 Å². The first-order chi connectivity index (χ1) is 19.9. The number of unbranched alkanes of at least 4 members (excludes halogenated alkanes) is 1. The maximum atomic E-state index is 13.8. The molecule has 2 heterocycles. The van der Waals surface area contributed by atoms with E-state index in [1.165, 1.54) is 5.56 Å². The summed E-state index contributed by atoms with van der Waals surface area (Å²) in [6.45, 7) is 5.54. The number of rotatable bonds is 10. The van der Waals surface area contributed by atoms with Gasteiger partial charge in [0.2, 0.25) is 11.5 Å². The molecule has 5 nitrogen and oxygen atoms in total. The normalized spacial score (nSPS) is 21.2. The SMILES string of the molecule is COCC[N+]1=C(C=C2C(=O)C(c3c(C)n(C)c4ccccc34)=C2O)C(C)(CCCCC2C=CC=C2)c2ccccc21. The number of ether oxygens (including phenoxy) is 1. The van der Waals surface area contributed by atoms with Gasteiger partial charge in [0.25, 0.3) is 0 Å². The molecule has 0 saturated carbocycles. The first kappa shape index (κ1) is 27.2. The Bertz CT molecular complexity index is 1680. The molecule has 3 aliphatic rings. The summed E-state index contributed by atoms with van der Waals surface area (Å²) in [6, 6.07) is 16.6. The smallest absolute Gasteiger partial charge is 0.209 e. The number of aliphatic hydroxyl groups excluding tert-OH is 1. The minimum atomic E-state index is -0.287. The van der Waals surface area contributed by atoms with Crippen LogP contribution in [0.25, 0.3) is 16.5 Å². The highest BCUT2D eigenvalue weighted by molar-refractivity contribution is 6.41. The number of aromatic nitrogens is 1. The highest BCUT2D eigenvalue weighted by Gasteiger charge is 2.49. The number of methoxy groups -OCH3 is 1. The molecule has 1 N–H and O–H groups in total. The summed E-state index contributed by atoms with van der Waals surface area (Å²) in [7, 11) is 3.72.